The lowest BCUT2D eigenvalue weighted by atomic mass is 10.2. The van der Waals surface area contributed by atoms with E-state index in [1.165, 1.54) is 0 Å². The van der Waals surface area contributed by atoms with Crippen molar-refractivity contribution in [3.8, 4) is 0 Å². The second-order valence-electron chi connectivity index (χ2n) is 4.32. The van der Waals surface area contributed by atoms with Crippen molar-refractivity contribution in [1.29, 1.82) is 0 Å². The maximum absolute atomic E-state index is 11.5. The van der Waals surface area contributed by atoms with Crippen LogP contribution in [0.1, 0.15) is 25.1 Å². The molecule has 0 radical (unpaired) electrons. The Bertz CT molecular complexity index is 490. The number of nitrogens with zero attached hydrogens (tertiary/aromatic N) is 2. The third kappa shape index (κ3) is 2.10. The van der Waals surface area contributed by atoms with E-state index in [0.29, 0.717) is 10.5 Å². The highest BCUT2D eigenvalue weighted by Crippen LogP contribution is 2.31. The number of hydrogen-bond acceptors (Lipinski definition) is 3. The van der Waals surface area contributed by atoms with E-state index in [2.05, 4.69) is 34.9 Å². The Morgan fingerprint density at radius 3 is 2.73 bits per heavy atom. The quantitative estimate of drug-likeness (QED) is 0.834. The Hall–Kier alpha value is -0.360. The van der Waals surface area contributed by atoms with Crippen molar-refractivity contribution in [2.24, 2.45) is 5.92 Å². The maximum atomic E-state index is 11.5. The normalized spacial score (nSPS) is 18.4. The van der Waals surface area contributed by atoms with Crippen LogP contribution in [0.4, 0.5) is 0 Å². The molecule has 1 aliphatic heterocycles. The highest BCUT2D eigenvalue weighted by atomic mass is 79.9. The summed E-state index contributed by atoms with van der Waals surface area (Å²) in [4.78, 5) is 0. The summed E-state index contributed by atoms with van der Waals surface area (Å²) >= 11 is 3.31. The van der Waals surface area contributed by atoms with Crippen LogP contribution in [-0.4, -0.2) is 18.2 Å². The summed E-state index contributed by atoms with van der Waals surface area (Å²) in [5, 5.41) is 4.31. The summed E-state index contributed by atoms with van der Waals surface area (Å²) in [5.41, 5.74) is 1.70. The Balaban J connectivity index is 2.42. The molecular formula is C9H13BrN2O2S. The van der Waals surface area contributed by atoms with E-state index in [9.17, 15) is 8.42 Å². The zero-order valence-electron chi connectivity index (χ0n) is 8.70. The minimum Gasteiger partial charge on any atom is -0.267 e. The third-order valence-electron chi connectivity index (χ3n) is 2.38. The molecule has 2 heterocycles. The largest absolute Gasteiger partial charge is 0.267 e. The monoisotopic (exact) mass is 292 g/mol. The molecule has 0 N–H and O–H groups in total. The van der Waals surface area contributed by atoms with Crippen LogP contribution in [0, 0.1) is 5.92 Å². The fourth-order valence-electron chi connectivity index (χ4n) is 1.78. The average Bonchev–Trinajstić information content (AvgIpc) is 2.49. The molecule has 1 aliphatic rings. The van der Waals surface area contributed by atoms with Gasteiger partial charge in [-0.2, -0.15) is 5.10 Å². The van der Waals surface area contributed by atoms with E-state index in [-0.39, 0.29) is 11.5 Å². The van der Waals surface area contributed by atoms with Crippen LogP contribution in [0.25, 0.3) is 0 Å². The molecule has 0 unspecified atom stereocenters. The van der Waals surface area contributed by atoms with Gasteiger partial charge in [0.05, 0.1) is 17.2 Å². The van der Waals surface area contributed by atoms with Crippen molar-refractivity contribution in [2.75, 3.05) is 0 Å². The van der Waals surface area contributed by atoms with Gasteiger partial charge in [-0.3, -0.25) is 4.68 Å². The van der Waals surface area contributed by atoms with E-state index in [1.54, 1.807) is 0 Å². The first kappa shape index (κ1) is 11.1. The fraction of sp³-hybridized carbons (Fsp3) is 0.667. The van der Waals surface area contributed by atoms with Gasteiger partial charge in [0, 0.05) is 12.1 Å². The molecule has 0 amide bonds. The molecule has 4 nitrogen and oxygen atoms in total. The number of fused-ring (bicyclic) bond motifs is 1. The van der Waals surface area contributed by atoms with E-state index in [0.717, 1.165) is 17.8 Å². The first-order chi connectivity index (χ1) is 6.89. The van der Waals surface area contributed by atoms with Crippen molar-refractivity contribution in [3.05, 3.63) is 15.9 Å². The van der Waals surface area contributed by atoms with Crippen LogP contribution in [0.2, 0.25) is 0 Å². The van der Waals surface area contributed by atoms with Crippen LogP contribution in [0.5, 0.6) is 0 Å². The van der Waals surface area contributed by atoms with Crippen molar-refractivity contribution < 1.29 is 8.42 Å². The van der Waals surface area contributed by atoms with Crippen LogP contribution in [0.3, 0.4) is 0 Å². The smallest absolute Gasteiger partial charge is 0.160 e. The summed E-state index contributed by atoms with van der Waals surface area (Å²) in [6.07, 6.45) is 0. The van der Waals surface area contributed by atoms with Gasteiger partial charge in [-0.05, 0) is 21.8 Å². The van der Waals surface area contributed by atoms with Gasteiger partial charge in [0.2, 0.25) is 0 Å². The van der Waals surface area contributed by atoms with Gasteiger partial charge in [-0.15, -0.1) is 0 Å². The van der Waals surface area contributed by atoms with Gasteiger partial charge < -0.3 is 0 Å². The second-order valence-corrected chi connectivity index (χ2v) is 7.14. The molecule has 2 rings (SSSR count). The van der Waals surface area contributed by atoms with Gasteiger partial charge in [-0.1, -0.05) is 13.8 Å². The number of halogens is 1. The SMILES string of the molecule is CC(C)Cn1nc(Br)c2c1CS(=O)(=O)C2. The molecule has 0 atom stereocenters. The Morgan fingerprint density at radius 1 is 1.47 bits per heavy atom. The Kier molecular flexibility index (Phi) is 2.66. The highest BCUT2D eigenvalue weighted by molar-refractivity contribution is 9.10. The fourth-order valence-corrected chi connectivity index (χ4v) is 4.11. The summed E-state index contributed by atoms with van der Waals surface area (Å²) in [6, 6.07) is 0. The van der Waals surface area contributed by atoms with E-state index < -0.39 is 9.84 Å². The van der Waals surface area contributed by atoms with E-state index in [4.69, 9.17) is 0 Å². The number of aromatic nitrogens is 2. The Labute approximate surface area is 97.7 Å². The van der Waals surface area contributed by atoms with Gasteiger partial charge in [-0.25, -0.2) is 8.42 Å². The minimum atomic E-state index is -2.93. The molecule has 6 heteroatoms. The predicted molar refractivity (Wildman–Crippen MR) is 61.1 cm³/mol. The molecule has 0 bridgehead atoms. The van der Waals surface area contributed by atoms with Gasteiger partial charge in [0.1, 0.15) is 4.60 Å². The van der Waals surface area contributed by atoms with E-state index >= 15 is 0 Å². The minimum absolute atomic E-state index is 0.126. The number of sulfone groups is 1. The summed E-state index contributed by atoms with van der Waals surface area (Å²) in [6.45, 7) is 4.94. The van der Waals surface area contributed by atoms with Crippen LogP contribution < -0.4 is 0 Å². The first-order valence-electron chi connectivity index (χ1n) is 4.83. The van der Waals surface area contributed by atoms with Crippen molar-refractivity contribution in [3.63, 3.8) is 0 Å². The highest BCUT2D eigenvalue weighted by Gasteiger charge is 2.31. The molecule has 15 heavy (non-hydrogen) atoms. The molecule has 0 spiro atoms. The number of hydrogen-bond donors (Lipinski definition) is 0. The molecular weight excluding hydrogens is 280 g/mol. The molecule has 1 aromatic heterocycles. The molecule has 0 aromatic carbocycles. The first-order valence-corrected chi connectivity index (χ1v) is 7.45. The van der Waals surface area contributed by atoms with Crippen molar-refractivity contribution in [2.45, 2.75) is 31.9 Å². The predicted octanol–water partition coefficient (Wildman–Crippen LogP) is 1.73. The standard InChI is InChI=1S/C9H13BrN2O2S/c1-6(2)3-12-8-5-15(13,14)4-7(8)9(10)11-12/h6H,3-5H2,1-2H3. The molecule has 1 aromatic rings. The lowest BCUT2D eigenvalue weighted by molar-refractivity contribution is 0.471. The van der Waals surface area contributed by atoms with Gasteiger partial charge in [0.25, 0.3) is 0 Å². The summed E-state index contributed by atoms with van der Waals surface area (Å²) in [7, 11) is -2.93. The molecule has 0 aliphatic carbocycles. The van der Waals surface area contributed by atoms with E-state index in [1.807, 2.05) is 4.68 Å². The topological polar surface area (TPSA) is 52.0 Å². The molecule has 0 fully saturated rings. The molecule has 0 saturated carbocycles. The lowest BCUT2D eigenvalue weighted by Crippen LogP contribution is -2.10. The zero-order chi connectivity index (χ0) is 11.2. The maximum Gasteiger partial charge on any atom is 0.160 e. The van der Waals surface area contributed by atoms with Crippen LogP contribution in [-0.2, 0) is 27.9 Å². The van der Waals surface area contributed by atoms with Crippen molar-refractivity contribution in [1.82, 2.24) is 9.78 Å². The third-order valence-corrected chi connectivity index (χ3v) is 4.46. The number of rotatable bonds is 2. The van der Waals surface area contributed by atoms with Gasteiger partial charge >= 0.3 is 0 Å². The summed E-state index contributed by atoms with van der Waals surface area (Å²) in [5.74, 6) is 0.721. The zero-order valence-corrected chi connectivity index (χ0v) is 11.1. The second kappa shape index (κ2) is 3.59. The van der Waals surface area contributed by atoms with Crippen LogP contribution in [0.15, 0.2) is 4.60 Å². The molecule has 84 valence electrons. The Morgan fingerprint density at radius 2 is 2.13 bits per heavy atom. The summed E-state index contributed by atoms with van der Waals surface area (Å²) < 4.78 is 25.4. The lowest BCUT2D eigenvalue weighted by Gasteiger charge is -2.07. The average molecular weight is 293 g/mol. The van der Waals surface area contributed by atoms with Gasteiger partial charge in [0.15, 0.2) is 9.84 Å². The molecule has 0 saturated heterocycles. The van der Waals surface area contributed by atoms with Crippen molar-refractivity contribution >= 4 is 25.8 Å². The van der Waals surface area contributed by atoms with Crippen LogP contribution >= 0.6 is 15.9 Å².